The van der Waals surface area contributed by atoms with Gasteiger partial charge in [-0.05, 0) is 47.5 Å². The lowest BCUT2D eigenvalue weighted by atomic mass is 10.1. The van der Waals surface area contributed by atoms with Crippen molar-refractivity contribution in [2.75, 3.05) is 0 Å². The standard InChI is InChI=1S/C19H15BrN2O2/c1-12(13-6-8-16(20)9-7-13)21-22-19(24)17-10-14-4-2-3-5-15(14)11-18(17)23/h2-11,23H,1H3,(H,22,24)/b21-12+. The Labute approximate surface area is 148 Å². The summed E-state index contributed by atoms with van der Waals surface area (Å²) in [7, 11) is 0. The molecule has 0 bridgehead atoms. The number of hydrogen-bond acceptors (Lipinski definition) is 3. The van der Waals surface area contributed by atoms with E-state index >= 15 is 0 Å². The molecule has 0 aromatic heterocycles. The Hall–Kier alpha value is -2.66. The molecule has 0 saturated carbocycles. The molecule has 0 aliphatic rings. The Morgan fingerprint density at radius 1 is 1.04 bits per heavy atom. The third kappa shape index (κ3) is 3.46. The van der Waals surface area contributed by atoms with Gasteiger partial charge in [-0.3, -0.25) is 4.79 Å². The topological polar surface area (TPSA) is 61.7 Å². The molecule has 0 atom stereocenters. The number of nitrogens with one attached hydrogen (secondary N) is 1. The average Bonchev–Trinajstić information content (AvgIpc) is 2.59. The highest BCUT2D eigenvalue weighted by molar-refractivity contribution is 9.10. The van der Waals surface area contributed by atoms with Crippen molar-refractivity contribution in [2.24, 2.45) is 5.10 Å². The van der Waals surface area contributed by atoms with Crippen molar-refractivity contribution in [2.45, 2.75) is 6.92 Å². The summed E-state index contributed by atoms with van der Waals surface area (Å²) in [5.41, 5.74) is 4.27. The number of phenols is 1. The van der Waals surface area contributed by atoms with E-state index in [0.717, 1.165) is 20.8 Å². The summed E-state index contributed by atoms with van der Waals surface area (Å²) in [6.07, 6.45) is 0. The minimum atomic E-state index is -0.449. The number of benzene rings is 3. The second-order valence-electron chi connectivity index (χ2n) is 5.36. The molecule has 0 aliphatic carbocycles. The Morgan fingerprint density at radius 3 is 2.33 bits per heavy atom. The van der Waals surface area contributed by atoms with E-state index in [1.165, 1.54) is 0 Å². The monoisotopic (exact) mass is 382 g/mol. The summed E-state index contributed by atoms with van der Waals surface area (Å²) >= 11 is 3.38. The van der Waals surface area contributed by atoms with Gasteiger partial charge in [0.15, 0.2) is 0 Å². The van der Waals surface area contributed by atoms with Crippen LogP contribution in [0.25, 0.3) is 10.8 Å². The van der Waals surface area contributed by atoms with Crippen LogP contribution in [-0.4, -0.2) is 16.7 Å². The van der Waals surface area contributed by atoms with Gasteiger partial charge < -0.3 is 5.11 Å². The average molecular weight is 383 g/mol. The molecule has 3 rings (SSSR count). The molecule has 0 unspecified atom stereocenters. The lowest BCUT2D eigenvalue weighted by molar-refractivity contribution is 0.0952. The third-order valence-corrected chi connectivity index (χ3v) is 4.22. The second-order valence-corrected chi connectivity index (χ2v) is 6.28. The normalized spacial score (nSPS) is 11.5. The predicted octanol–water partition coefficient (Wildman–Crippen LogP) is 4.46. The summed E-state index contributed by atoms with van der Waals surface area (Å²) in [5, 5.41) is 15.9. The van der Waals surface area contributed by atoms with Crippen molar-refractivity contribution < 1.29 is 9.90 Å². The van der Waals surface area contributed by atoms with Crippen molar-refractivity contribution >= 4 is 38.3 Å². The number of rotatable bonds is 3. The van der Waals surface area contributed by atoms with Crippen molar-refractivity contribution in [3.05, 3.63) is 76.3 Å². The fourth-order valence-corrected chi connectivity index (χ4v) is 2.62. The number of hydrogen-bond donors (Lipinski definition) is 2. The predicted molar refractivity (Wildman–Crippen MR) is 99.4 cm³/mol. The molecule has 24 heavy (non-hydrogen) atoms. The Balaban J connectivity index is 1.83. The van der Waals surface area contributed by atoms with Crippen LogP contribution in [0.1, 0.15) is 22.8 Å². The van der Waals surface area contributed by atoms with Crippen molar-refractivity contribution in [1.82, 2.24) is 5.43 Å². The zero-order chi connectivity index (χ0) is 17.1. The van der Waals surface area contributed by atoms with Crippen LogP contribution < -0.4 is 5.43 Å². The van der Waals surface area contributed by atoms with Crippen LogP contribution in [-0.2, 0) is 0 Å². The number of nitrogens with zero attached hydrogens (tertiary/aromatic N) is 1. The maximum atomic E-state index is 12.3. The number of carbonyl (C=O) groups excluding carboxylic acids is 1. The number of amides is 1. The van der Waals surface area contributed by atoms with Crippen LogP contribution in [0.5, 0.6) is 5.75 Å². The quantitative estimate of drug-likeness (QED) is 0.518. The van der Waals surface area contributed by atoms with Gasteiger partial charge in [0.2, 0.25) is 0 Å². The Bertz CT molecular complexity index is 934. The van der Waals surface area contributed by atoms with Gasteiger partial charge in [0.05, 0.1) is 11.3 Å². The van der Waals surface area contributed by atoms with E-state index in [0.29, 0.717) is 5.71 Å². The van der Waals surface area contributed by atoms with E-state index in [9.17, 15) is 9.90 Å². The summed E-state index contributed by atoms with van der Waals surface area (Å²) in [4.78, 5) is 12.3. The number of carbonyl (C=O) groups is 1. The van der Waals surface area contributed by atoms with Gasteiger partial charge in [-0.25, -0.2) is 5.43 Å². The minimum Gasteiger partial charge on any atom is -0.507 e. The first kappa shape index (κ1) is 16.2. The molecule has 0 spiro atoms. The van der Waals surface area contributed by atoms with E-state index in [1.54, 1.807) is 12.1 Å². The van der Waals surface area contributed by atoms with E-state index in [2.05, 4.69) is 26.5 Å². The molecule has 0 fully saturated rings. The van der Waals surface area contributed by atoms with Gasteiger partial charge >= 0.3 is 0 Å². The highest BCUT2D eigenvalue weighted by atomic mass is 79.9. The molecule has 5 heteroatoms. The summed E-state index contributed by atoms with van der Waals surface area (Å²) in [6.45, 7) is 1.81. The van der Waals surface area contributed by atoms with E-state index in [-0.39, 0.29) is 11.3 Å². The lowest BCUT2D eigenvalue weighted by Crippen LogP contribution is -2.19. The number of aromatic hydroxyl groups is 1. The molecule has 2 N–H and O–H groups in total. The van der Waals surface area contributed by atoms with Crippen LogP contribution in [0.4, 0.5) is 0 Å². The summed E-state index contributed by atoms with van der Waals surface area (Å²) in [6, 6.07) is 18.4. The molecule has 4 nitrogen and oxygen atoms in total. The SMILES string of the molecule is C/C(=N\NC(=O)c1cc2ccccc2cc1O)c1ccc(Br)cc1. The molecule has 0 aliphatic heterocycles. The summed E-state index contributed by atoms with van der Waals surface area (Å²) in [5.74, 6) is -0.516. The van der Waals surface area contributed by atoms with Crippen LogP contribution in [0.3, 0.4) is 0 Å². The minimum absolute atomic E-state index is 0.0669. The Kier molecular flexibility index (Phi) is 4.62. The molecular formula is C19H15BrN2O2. The smallest absolute Gasteiger partial charge is 0.275 e. The van der Waals surface area contributed by atoms with Crippen molar-refractivity contribution in [3.63, 3.8) is 0 Å². The van der Waals surface area contributed by atoms with Crippen LogP contribution in [0, 0.1) is 0 Å². The maximum absolute atomic E-state index is 12.3. The third-order valence-electron chi connectivity index (χ3n) is 3.70. The van der Waals surface area contributed by atoms with Crippen LogP contribution in [0.2, 0.25) is 0 Å². The van der Waals surface area contributed by atoms with Gasteiger partial charge in [-0.2, -0.15) is 5.10 Å². The van der Waals surface area contributed by atoms with Gasteiger partial charge in [0, 0.05) is 4.47 Å². The molecule has 120 valence electrons. The number of fused-ring (bicyclic) bond motifs is 1. The first-order valence-corrected chi connectivity index (χ1v) is 8.16. The van der Waals surface area contributed by atoms with Gasteiger partial charge in [-0.1, -0.05) is 52.3 Å². The molecule has 3 aromatic carbocycles. The van der Waals surface area contributed by atoms with Crippen molar-refractivity contribution in [3.8, 4) is 5.75 Å². The zero-order valence-corrected chi connectivity index (χ0v) is 14.5. The lowest BCUT2D eigenvalue weighted by Gasteiger charge is -2.07. The van der Waals surface area contributed by atoms with E-state index in [1.807, 2.05) is 55.5 Å². The molecular weight excluding hydrogens is 368 g/mol. The number of phenolic OH excluding ortho intramolecular Hbond substituents is 1. The molecule has 0 radical (unpaired) electrons. The molecule has 0 heterocycles. The molecule has 3 aromatic rings. The zero-order valence-electron chi connectivity index (χ0n) is 13.0. The fourth-order valence-electron chi connectivity index (χ4n) is 2.36. The Morgan fingerprint density at radius 2 is 1.67 bits per heavy atom. The first-order chi connectivity index (χ1) is 11.5. The van der Waals surface area contributed by atoms with E-state index < -0.39 is 5.91 Å². The van der Waals surface area contributed by atoms with E-state index in [4.69, 9.17) is 0 Å². The highest BCUT2D eigenvalue weighted by Crippen LogP contribution is 2.24. The van der Waals surface area contributed by atoms with Gasteiger partial charge in [-0.15, -0.1) is 0 Å². The summed E-state index contributed by atoms with van der Waals surface area (Å²) < 4.78 is 0.976. The van der Waals surface area contributed by atoms with Gasteiger partial charge in [0.25, 0.3) is 5.91 Å². The first-order valence-electron chi connectivity index (χ1n) is 7.37. The van der Waals surface area contributed by atoms with Crippen molar-refractivity contribution in [1.29, 1.82) is 0 Å². The van der Waals surface area contributed by atoms with Crippen LogP contribution in [0.15, 0.2) is 70.2 Å². The fraction of sp³-hybridized carbons (Fsp3) is 0.0526. The highest BCUT2D eigenvalue weighted by Gasteiger charge is 2.12. The number of halogens is 1. The largest absolute Gasteiger partial charge is 0.507 e. The molecule has 0 saturated heterocycles. The second kappa shape index (κ2) is 6.84. The van der Waals surface area contributed by atoms with Crippen LogP contribution >= 0.6 is 15.9 Å². The van der Waals surface area contributed by atoms with Gasteiger partial charge in [0.1, 0.15) is 5.75 Å². The molecule has 1 amide bonds. The number of hydrazone groups is 1. The maximum Gasteiger partial charge on any atom is 0.275 e.